The molecular weight excluding hydrogens is 358 g/mol. The monoisotopic (exact) mass is 389 g/mol. The van der Waals surface area contributed by atoms with Crippen LogP contribution in [0.3, 0.4) is 0 Å². The smallest absolute Gasteiger partial charge is 0.317 e. The number of hydrogen-bond donors (Lipinski definition) is 2. The van der Waals surface area contributed by atoms with E-state index in [4.69, 9.17) is 9.84 Å². The van der Waals surface area contributed by atoms with Gasteiger partial charge < -0.3 is 20.1 Å². The van der Waals surface area contributed by atoms with Crippen molar-refractivity contribution in [2.24, 2.45) is 0 Å². The van der Waals surface area contributed by atoms with E-state index in [1.54, 1.807) is 0 Å². The number of ether oxygens (including phenoxy) is 1. The predicted octanol–water partition coefficient (Wildman–Crippen LogP) is 2.48. The quantitative estimate of drug-likeness (QED) is 0.714. The number of nitrogens with zero attached hydrogens (tertiary/aromatic N) is 2. The SMILES string of the molecule is CCCOc1ccc2c(c1)CCN(C(=O)NC1CC(N(CC)CC(=O)O)C1)C2. The Morgan fingerprint density at radius 1 is 1.29 bits per heavy atom. The normalized spacial score (nSPS) is 21.0. The van der Waals surface area contributed by atoms with Crippen molar-refractivity contribution in [3.63, 3.8) is 0 Å². The number of carbonyl (C=O) groups excluding carboxylic acids is 1. The molecule has 0 spiro atoms. The van der Waals surface area contributed by atoms with E-state index in [9.17, 15) is 9.59 Å². The number of benzene rings is 1. The molecule has 1 heterocycles. The summed E-state index contributed by atoms with van der Waals surface area (Å²) in [4.78, 5) is 27.4. The van der Waals surface area contributed by atoms with Gasteiger partial charge in [0.1, 0.15) is 5.75 Å². The molecule has 1 aliphatic carbocycles. The van der Waals surface area contributed by atoms with Crippen LogP contribution in [0.25, 0.3) is 0 Å². The molecule has 0 radical (unpaired) electrons. The maximum absolute atomic E-state index is 12.6. The van der Waals surface area contributed by atoms with Crippen molar-refractivity contribution in [2.75, 3.05) is 26.2 Å². The molecule has 0 unspecified atom stereocenters. The number of carbonyl (C=O) groups is 2. The number of amides is 2. The van der Waals surface area contributed by atoms with Crippen molar-refractivity contribution in [2.45, 2.75) is 58.2 Å². The molecule has 7 heteroatoms. The van der Waals surface area contributed by atoms with Gasteiger partial charge in [0.2, 0.25) is 0 Å². The van der Waals surface area contributed by atoms with Crippen LogP contribution in [-0.2, 0) is 17.8 Å². The number of carboxylic acids is 1. The Balaban J connectivity index is 1.47. The van der Waals surface area contributed by atoms with Gasteiger partial charge in [-0.15, -0.1) is 0 Å². The Morgan fingerprint density at radius 2 is 2.07 bits per heavy atom. The van der Waals surface area contributed by atoms with Gasteiger partial charge in [0.15, 0.2) is 0 Å². The van der Waals surface area contributed by atoms with Gasteiger partial charge in [-0.2, -0.15) is 0 Å². The summed E-state index contributed by atoms with van der Waals surface area (Å²) in [7, 11) is 0. The second-order valence-corrected chi connectivity index (χ2v) is 7.68. The van der Waals surface area contributed by atoms with Gasteiger partial charge in [0.25, 0.3) is 0 Å². The second-order valence-electron chi connectivity index (χ2n) is 7.68. The third-order valence-corrected chi connectivity index (χ3v) is 5.65. The molecule has 2 amide bonds. The summed E-state index contributed by atoms with van der Waals surface area (Å²) in [5, 5.41) is 12.1. The van der Waals surface area contributed by atoms with Crippen LogP contribution in [0, 0.1) is 0 Å². The molecule has 3 rings (SSSR count). The number of fused-ring (bicyclic) bond motifs is 1. The van der Waals surface area contributed by atoms with E-state index in [1.807, 2.05) is 22.8 Å². The fourth-order valence-electron chi connectivity index (χ4n) is 3.95. The lowest BCUT2D eigenvalue weighted by Crippen LogP contribution is -2.57. The summed E-state index contributed by atoms with van der Waals surface area (Å²) < 4.78 is 5.70. The maximum Gasteiger partial charge on any atom is 0.317 e. The van der Waals surface area contributed by atoms with Crippen LogP contribution in [0.2, 0.25) is 0 Å². The Labute approximate surface area is 166 Å². The number of urea groups is 1. The Hall–Kier alpha value is -2.28. The minimum Gasteiger partial charge on any atom is -0.494 e. The molecule has 1 aromatic rings. The van der Waals surface area contributed by atoms with E-state index in [2.05, 4.69) is 24.4 Å². The largest absolute Gasteiger partial charge is 0.494 e. The molecule has 2 N–H and O–H groups in total. The topological polar surface area (TPSA) is 82.1 Å². The molecule has 1 aromatic carbocycles. The molecule has 0 saturated heterocycles. The third kappa shape index (κ3) is 4.95. The van der Waals surface area contributed by atoms with Crippen molar-refractivity contribution >= 4 is 12.0 Å². The van der Waals surface area contributed by atoms with Crippen LogP contribution in [0.15, 0.2) is 18.2 Å². The zero-order valence-corrected chi connectivity index (χ0v) is 16.8. The van der Waals surface area contributed by atoms with Gasteiger partial charge >= 0.3 is 12.0 Å². The van der Waals surface area contributed by atoms with Crippen LogP contribution < -0.4 is 10.1 Å². The van der Waals surface area contributed by atoms with Gasteiger partial charge in [-0.1, -0.05) is 19.9 Å². The third-order valence-electron chi connectivity index (χ3n) is 5.65. The molecule has 1 saturated carbocycles. The van der Waals surface area contributed by atoms with Crippen molar-refractivity contribution < 1.29 is 19.4 Å². The summed E-state index contributed by atoms with van der Waals surface area (Å²) in [5.74, 6) is 0.102. The summed E-state index contributed by atoms with van der Waals surface area (Å²) in [5.41, 5.74) is 2.43. The van der Waals surface area contributed by atoms with E-state index < -0.39 is 5.97 Å². The van der Waals surface area contributed by atoms with E-state index in [0.717, 1.165) is 38.0 Å². The predicted molar refractivity (Wildman–Crippen MR) is 107 cm³/mol. The lowest BCUT2D eigenvalue weighted by molar-refractivity contribution is -0.139. The first-order valence-electron chi connectivity index (χ1n) is 10.3. The lowest BCUT2D eigenvalue weighted by atomic mass is 9.85. The first-order chi connectivity index (χ1) is 13.5. The molecule has 0 bridgehead atoms. The highest BCUT2D eigenvalue weighted by atomic mass is 16.5. The highest BCUT2D eigenvalue weighted by molar-refractivity contribution is 5.75. The van der Waals surface area contributed by atoms with Crippen LogP contribution >= 0.6 is 0 Å². The van der Waals surface area contributed by atoms with E-state index in [1.165, 1.54) is 11.1 Å². The molecule has 1 aliphatic heterocycles. The molecule has 2 aliphatic rings. The van der Waals surface area contributed by atoms with Gasteiger partial charge in [0, 0.05) is 25.2 Å². The van der Waals surface area contributed by atoms with Crippen LogP contribution in [0.5, 0.6) is 5.75 Å². The van der Waals surface area contributed by atoms with Crippen LogP contribution in [0.4, 0.5) is 4.79 Å². The Kier molecular flexibility index (Phi) is 6.78. The van der Waals surface area contributed by atoms with Crippen molar-refractivity contribution in [3.8, 4) is 5.75 Å². The number of aliphatic carboxylic acids is 1. The highest BCUT2D eigenvalue weighted by Gasteiger charge is 2.35. The van der Waals surface area contributed by atoms with Crippen molar-refractivity contribution in [1.29, 1.82) is 0 Å². The van der Waals surface area contributed by atoms with Gasteiger partial charge in [-0.3, -0.25) is 9.69 Å². The lowest BCUT2D eigenvalue weighted by Gasteiger charge is -2.43. The summed E-state index contributed by atoms with van der Waals surface area (Å²) >= 11 is 0. The number of carboxylic acid groups (broad SMARTS) is 1. The molecule has 7 nitrogen and oxygen atoms in total. The maximum atomic E-state index is 12.6. The molecule has 0 atom stereocenters. The highest BCUT2D eigenvalue weighted by Crippen LogP contribution is 2.27. The van der Waals surface area contributed by atoms with E-state index >= 15 is 0 Å². The minimum absolute atomic E-state index is 0.0262. The fraction of sp³-hybridized carbons (Fsp3) is 0.619. The van der Waals surface area contributed by atoms with Crippen molar-refractivity contribution in [3.05, 3.63) is 29.3 Å². The molecule has 28 heavy (non-hydrogen) atoms. The van der Waals surface area contributed by atoms with Gasteiger partial charge in [-0.05, 0) is 55.5 Å². The molecule has 154 valence electrons. The number of rotatable bonds is 8. The number of nitrogens with one attached hydrogen (secondary N) is 1. The minimum atomic E-state index is -0.801. The Morgan fingerprint density at radius 3 is 2.75 bits per heavy atom. The fourth-order valence-corrected chi connectivity index (χ4v) is 3.95. The standard InChI is InChI=1S/C21H31N3O4/c1-3-9-28-19-6-5-16-13-24(8-7-15(16)10-19)21(27)22-17-11-18(12-17)23(4-2)14-20(25)26/h5-6,10,17-18H,3-4,7-9,11-14H2,1-2H3,(H,22,27)(H,25,26). The van der Waals surface area contributed by atoms with Crippen molar-refractivity contribution in [1.82, 2.24) is 15.1 Å². The summed E-state index contributed by atoms with van der Waals surface area (Å²) in [6, 6.07) is 6.49. The Bertz CT molecular complexity index is 703. The number of hydrogen-bond acceptors (Lipinski definition) is 4. The molecule has 1 fully saturated rings. The summed E-state index contributed by atoms with van der Waals surface area (Å²) in [6.07, 6.45) is 3.45. The first-order valence-corrected chi connectivity index (χ1v) is 10.3. The van der Waals surface area contributed by atoms with Crippen LogP contribution in [-0.4, -0.2) is 65.2 Å². The van der Waals surface area contributed by atoms with E-state index in [-0.39, 0.29) is 24.7 Å². The summed E-state index contributed by atoms with van der Waals surface area (Å²) in [6.45, 7) is 6.87. The van der Waals surface area contributed by atoms with Gasteiger partial charge in [-0.25, -0.2) is 4.79 Å². The van der Waals surface area contributed by atoms with Gasteiger partial charge in [0.05, 0.1) is 13.2 Å². The molecule has 0 aromatic heterocycles. The van der Waals surface area contributed by atoms with Crippen LogP contribution in [0.1, 0.15) is 44.2 Å². The number of likely N-dealkylation sites (N-methyl/N-ethyl adjacent to an activating group) is 1. The van der Waals surface area contributed by atoms with E-state index in [0.29, 0.717) is 19.6 Å². The molecular formula is C21H31N3O4. The zero-order valence-electron chi connectivity index (χ0n) is 16.8. The first kappa shape index (κ1) is 20.5. The second kappa shape index (κ2) is 9.28. The zero-order chi connectivity index (χ0) is 20.1. The average molecular weight is 389 g/mol. The average Bonchev–Trinajstić information content (AvgIpc) is 2.66.